The van der Waals surface area contributed by atoms with Gasteiger partial charge in [-0.3, -0.25) is 9.89 Å². The number of nitrogens with one attached hydrogen (secondary N) is 1. The molecule has 6 heteroatoms. The highest BCUT2D eigenvalue weighted by Crippen LogP contribution is 2.21. The van der Waals surface area contributed by atoms with Gasteiger partial charge in [0.1, 0.15) is 0 Å². The quantitative estimate of drug-likeness (QED) is 0.602. The number of piperidine rings is 1. The van der Waals surface area contributed by atoms with E-state index >= 15 is 0 Å². The molecule has 3 heterocycles. The van der Waals surface area contributed by atoms with Gasteiger partial charge in [0, 0.05) is 38.1 Å². The average molecular weight is 412 g/mol. The van der Waals surface area contributed by atoms with Crippen molar-refractivity contribution in [1.29, 1.82) is 0 Å². The second-order valence-electron chi connectivity index (χ2n) is 8.21. The van der Waals surface area contributed by atoms with Crippen molar-refractivity contribution < 1.29 is 0 Å². The molecule has 0 amide bonds. The van der Waals surface area contributed by atoms with Gasteiger partial charge in [-0.2, -0.15) is 0 Å². The van der Waals surface area contributed by atoms with Gasteiger partial charge in [-0.05, 0) is 63.2 Å². The topological polar surface area (TPSA) is 43.8 Å². The zero-order valence-corrected chi connectivity index (χ0v) is 18.5. The maximum absolute atomic E-state index is 5.05. The smallest absolute Gasteiger partial charge is 0.194 e. The van der Waals surface area contributed by atoms with Crippen LogP contribution in [0.15, 0.2) is 34.6 Å². The standard InChI is InChI=1S/C23H33N5S/c1-3-24-23(28-13-10-20-6-4-5-7-21(20)15-28)25-14-19-8-11-27(12-9-19)16-22-17-29-18(2)26-22/h4-7,17,19H,3,8-16H2,1-2H3,(H,24,25). The molecule has 1 saturated heterocycles. The monoisotopic (exact) mass is 411 g/mol. The van der Waals surface area contributed by atoms with E-state index in [9.17, 15) is 0 Å². The first kappa shape index (κ1) is 20.4. The molecular weight excluding hydrogens is 378 g/mol. The summed E-state index contributed by atoms with van der Waals surface area (Å²) >= 11 is 1.75. The van der Waals surface area contributed by atoms with E-state index in [2.05, 4.69) is 63.6 Å². The molecule has 4 rings (SSSR count). The van der Waals surface area contributed by atoms with E-state index in [1.165, 1.54) is 34.7 Å². The van der Waals surface area contributed by atoms with Crippen LogP contribution >= 0.6 is 11.3 Å². The van der Waals surface area contributed by atoms with E-state index in [1.807, 2.05) is 0 Å². The van der Waals surface area contributed by atoms with Gasteiger partial charge in [0.2, 0.25) is 0 Å². The number of aliphatic imine (C=N–C) groups is 1. The molecule has 0 saturated carbocycles. The lowest BCUT2D eigenvalue weighted by Gasteiger charge is -2.33. The number of guanidine groups is 1. The molecule has 5 nitrogen and oxygen atoms in total. The minimum Gasteiger partial charge on any atom is -0.357 e. The summed E-state index contributed by atoms with van der Waals surface area (Å²) in [7, 11) is 0. The van der Waals surface area contributed by atoms with E-state index in [0.717, 1.165) is 58.2 Å². The van der Waals surface area contributed by atoms with Crippen LogP contribution in [0.1, 0.15) is 41.6 Å². The Kier molecular flexibility index (Phi) is 6.82. The highest BCUT2D eigenvalue weighted by atomic mass is 32.1. The maximum atomic E-state index is 5.05. The van der Waals surface area contributed by atoms with E-state index in [-0.39, 0.29) is 0 Å². The van der Waals surface area contributed by atoms with Crippen LogP contribution in [0.3, 0.4) is 0 Å². The molecule has 0 unspecified atom stereocenters. The summed E-state index contributed by atoms with van der Waals surface area (Å²) in [4.78, 5) is 14.6. The van der Waals surface area contributed by atoms with E-state index in [1.54, 1.807) is 11.3 Å². The van der Waals surface area contributed by atoms with Gasteiger partial charge >= 0.3 is 0 Å². The highest BCUT2D eigenvalue weighted by Gasteiger charge is 2.22. The molecule has 2 aliphatic rings. The lowest BCUT2D eigenvalue weighted by atomic mass is 9.97. The van der Waals surface area contributed by atoms with Crippen molar-refractivity contribution in [1.82, 2.24) is 20.1 Å². The summed E-state index contributed by atoms with van der Waals surface area (Å²) in [6.45, 7) is 11.4. The Hall–Kier alpha value is -1.92. The maximum Gasteiger partial charge on any atom is 0.194 e. The fourth-order valence-electron chi connectivity index (χ4n) is 4.35. The molecule has 1 aromatic heterocycles. The van der Waals surface area contributed by atoms with Crippen LogP contribution in [0.5, 0.6) is 0 Å². The van der Waals surface area contributed by atoms with Crippen LogP contribution in [0.4, 0.5) is 0 Å². The number of aryl methyl sites for hydroxylation is 1. The number of benzene rings is 1. The van der Waals surface area contributed by atoms with Crippen molar-refractivity contribution in [2.75, 3.05) is 32.7 Å². The van der Waals surface area contributed by atoms with Gasteiger partial charge in [-0.25, -0.2) is 4.98 Å². The Morgan fingerprint density at radius 1 is 1.21 bits per heavy atom. The Labute approximate surface area is 178 Å². The molecule has 1 fully saturated rings. The lowest BCUT2D eigenvalue weighted by Crippen LogP contribution is -2.44. The molecule has 1 N–H and O–H groups in total. The minimum absolute atomic E-state index is 0.689. The van der Waals surface area contributed by atoms with E-state index in [4.69, 9.17) is 4.99 Å². The molecule has 0 aliphatic carbocycles. The van der Waals surface area contributed by atoms with Crippen LogP contribution < -0.4 is 5.32 Å². The first-order chi connectivity index (χ1) is 14.2. The molecule has 29 heavy (non-hydrogen) atoms. The van der Waals surface area contributed by atoms with Gasteiger partial charge in [0.05, 0.1) is 10.7 Å². The predicted molar refractivity (Wildman–Crippen MR) is 121 cm³/mol. The third-order valence-corrected chi connectivity index (χ3v) is 6.85. The third-order valence-electron chi connectivity index (χ3n) is 6.02. The second kappa shape index (κ2) is 9.72. The molecule has 0 radical (unpaired) electrons. The number of fused-ring (bicyclic) bond motifs is 1. The van der Waals surface area contributed by atoms with Crippen molar-refractivity contribution in [3.05, 3.63) is 51.5 Å². The van der Waals surface area contributed by atoms with Gasteiger partial charge in [-0.15, -0.1) is 11.3 Å². The molecular formula is C23H33N5S. The molecule has 0 bridgehead atoms. The zero-order chi connectivity index (χ0) is 20.1. The predicted octanol–water partition coefficient (Wildman–Crippen LogP) is 3.69. The Bertz CT molecular complexity index is 822. The number of thiazole rings is 1. The number of aromatic nitrogens is 1. The highest BCUT2D eigenvalue weighted by molar-refractivity contribution is 7.09. The van der Waals surface area contributed by atoms with Crippen molar-refractivity contribution in [3.63, 3.8) is 0 Å². The second-order valence-corrected chi connectivity index (χ2v) is 9.27. The Balaban J connectivity index is 1.30. The lowest BCUT2D eigenvalue weighted by molar-refractivity contribution is 0.179. The van der Waals surface area contributed by atoms with Crippen molar-refractivity contribution >= 4 is 17.3 Å². The average Bonchev–Trinajstić information content (AvgIpc) is 3.16. The molecule has 156 valence electrons. The summed E-state index contributed by atoms with van der Waals surface area (Å²) in [5, 5.41) is 6.89. The summed E-state index contributed by atoms with van der Waals surface area (Å²) in [5.41, 5.74) is 4.15. The number of hydrogen-bond donors (Lipinski definition) is 1. The molecule has 2 aromatic rings. The SMILES string of the molecule is CCNC(=NCC1CCN(Cc2csc(C)n2)CC1)N1CCc2ccccc2C1. The number of likely N-dealkylation sites (tertiary alicyclic amines) is 1. The molecule has 1 aromatic carbocycles. The molecule has 2 aliphatic heterocycles. The Morgan fingerprint density at radius 2 is 2.00 bits per heavy atom. The van der Waals surface area contributed by atoms with Gasteiger partial charge in [0.15, 0.2) is 5.96 Å². The normalized spacial score (nSPS) is 18.7. The van der Waals surface area contributed by atoms with Crippen LogP contribution in [0.2, 0.25) is 0 Å². The summed E-state index contributed by atoms with van der Waals surface area (Å²) in [6.07, 6.45) is 3.57. The largest absolute Gasteiger partial charge is 0.357 e. The van der Waals surface area contributed by atoms with Crippen LogP contribution in [0, 0.1) is 12.8 Å². The van der Waals surface area contributed by atoms with Gasteiger partial charge in [0.25, 0.3) is 0 Å². The first-order valence-electron chi connectivity index (χ1n) is 10.9. The summed E-state index contributed by atoms with van der Waals surface area (Å²) in [5.74, 6) is 1.77. The number of hydrogen-bond acceptors (Lipinski definition) is 4. The van der Waals surface area contributed by atoms with E-state index in [0.29, 0.717) is 5.92 Å². The van der Waals surface area contributed by atoms with Crippen LogP contribution in [-0.2, 0) is 19.5 Å². The first-order valence-corrected chi connectivity index (χ1v) is 11.8. The summed E-state index contributed by atoms with van der Waals surface area (Å²) in [6, 6.07) is 8.81. The Morgan fingerprint density at radius 3 is 2.72 bits per heavy atom. The van der Waals surface area contributed by atoms with E-state index < -0.39 is 0 Å². The van der Waals surface area contributed by atoms with Gasteiger partial charge in [-0.1, -0.05) is 24.3 Å². The summed E-state index contributed by atoms with van der Waals surface area (Å²) < 4.78 is 0. The van der Waals surface area contributed by atoms with Gasteiger partial charge < -0.3 is 10.2 Å². The number of nitrogens with zero attached hydrogens (tertiary/aromatic N) is 4. The van der Waals surface area contributed by atoms with Crippen molar-refractivity contribution in [2.24, 2.45) is 10.9 Å². The van der Waals surface area contributed by atoms with Crippen molar-refractivity contribution in [2.45, 2.75) is 46.2 Å². The fourth-order valence-corrected chi connectivity index (χ4v) is 4.96. The zero-order valence-electron chi connectivity index (χ0n) is 17.7. The minimum atomic E-state index is 0.689. The van der Waals surface area contributed by atoms with Crippen molar-refractivity contribution in [3.8, 4) is 0 Å². The molecule has 0 spiro atoms. The van der Waals surface area contributed by atoms with Crippen LogP contribution in [0.25, 0.3) is 0 Å². The fraction of sp³-hybridized carbons (Fsp3) is 0.565. The third kappa shape index (κ3) is 5.37. The van der Waals surface area contributed by atoms with Crippen LogP contribution in [-0.4, -0.2) is 53.5 Å². The molecule has 0 atom stereocenters. The number of rotatable bonds is 5.